The smallest absolute Gasteiger partial charge is 0.261 e. The highest BCUT2D eigenvalue weighted by atomic mass is 35.5. The minimum atomic E-state index is -1.67. The molecule has 8 nitrogen and oxygen atoms in total. The summed E-state index contributed by atoms with van der Waals surface area (Å²) in [6.07, 6.45) is 5.17. The van der Waals surface area contributed by atoms with E-state index in [4.69, 9.17) is 17.3 Å². The molecule has 3 aliphatic heterocycles. The van der Waals surface area contributed by atoms with E-state index in [-0.39, 0.29) is 25.7 Å². The van der Waals surface area contributed by atoms with Crippen LogP contribution in [0.1, 0.15) is 17.8 Å². The number of carbonyl (C=O) groups is 1. The van der Waals surface area contributed by atoms with Gasteiger partial charge in [-0.3, -0.25) is 4.79 Å². The zero-order valence-electron chi connectivity index (χ0n) is 16.3. The van der Waals surface area contributed by atoms with E-state index in [0.717, 1.165) is 11.1 Å². The van der Waals surface area contributed by atoms with Gasteiger partial charge in [0.05, 0.1) is 11.6 Å². The molecule has 1 aromatic rings. The van der Waals surface area contributed by atoms with Crippen molar-refractivity contribution in [1.29, 1.82) is 0 Å². The van der Waals surface area contributed by atoms with Crippen molar-refractivity contribution in [2.75, 3.05) is 24.7 Å². The Morgan fingerprint density at radius 1 is 1.47 bits per heavy atom. The van der Waals surface area contributed by atoms with Crippen LogP contribution in [0.25, 0.3) is 5.57 Å². The Labute approximate surface area is 177 Å². The number of aryl methyl sites for hydroxylation is 1. The first-order valence-electron chi connectivity index (χ1n) is 9.52. The molecule has 0 spiro atoms. The molecule has 30 heavy (non-hydrogen) atoms. The van der Waals surface area contributed by atoms with Crippen molar-refractivity contribution in [3.05, 3.63) is 46.7 Å². The lowest BCUT2D eigenvalue weighted by atomic mass is 10.0. The second kappa shape index (κ2) is 7.84. The van der Waals surface area contributed by atoms with Crippen LogP contribution in [-0.4, -0.2) is 53.6 Å². The van der Waals surface area contributed by atoms with Gasteiger partial charge >= 0.3 is 0 Å². The van der Waals surface area contributed by atoms with Gasteiger partial charge in [-0.2, -0.15) is 0 Å². The third-order valence-corrected chi connectivity index (χ3v) is 5.53. The van der Waals surface area contributed by atoms with Crippen molar-refractivity contribution in [1.82, 2.24) is 25.9 Å². The number of dihydropyridines is 1. The van der Waals surface area contributed by atoms with Crippen molar-refractivity contribution in [2.24, 2.45) is 5.73 Å². The molecule has 3 aliphatic rings. The molecule has 160 valence electrons. The number of alkyl halides is 2. The second-order valence-electron chi connectivity index (χ2n) is 7.43. The van der Waals surface area contributed by atoms with Crippen LogP contribution in [0.3, 0.4) is 0 Å². The van der Waals surface area contributed by atoms with E-state index in [2.05, 4.69) is 25.9 Å². The van der Waals surface area contributed by atoms with Crippen LogP contribution in [0, 0.1) is 6.92 Å². The minimum absolute atomic E-state index is 0.102. The number of aromatic nitrogens is 2. The standard InChI is InChI=1S/C19H22ClF2N7O/c1-10-6-25-16(14-8-27-15-13(14)4-11(20)7-26-15)28-17(10)29-9-12(22)5-19(29,23)18(30)24-3-2-21/h4,6-8,12,15,26-27H,2-3,5,9,23H2,1H3,(H,24,30)/t12-,15?,19+/m0/s1. The SMILES string of the molecule is Cc1cnc(C2=CNC3NC=C(Cl)C=C23)nc1N1C[C@@H](F)C[C@]1(N)C(=O)NCCF. The van der Waals surface area contributed by atoms with Crippen molar-refractivity contribution in [3.8, 4) is 0 Å². The quantitative estimate of drug-likeness (QED) is 0.543. The van der Waals surface area contributed by atoms with Gasteiger partial charge in [0.25, 0.3) is 5.91 Å². The first-order valence-corrected chi connectivity index (χ1v) is 9.90. The molecule has 4 rings (SSSR count). The summed E-state index contributed by atoms with van der Waals surface area (Å²) < 4.78 is 26.9. The number of carbonyl (C=O) groups excluding carboxylic acids is 1. The van der Waals surface area contributed by atoms with Gasteiger partial charge < -0.3 is 26.6 Å². The Kier molecular flexibility index (Phi) is 5.37. The molecule has 1 saturated heterocycles. The summed E-state index contributed by atoms with van der Waals surface area (Å²) >= 11 is 6.11. The third kappa shape index (κ3) is 3.50. The Morgan fingerprint density at radius 3 is 3.00 bits per heavy atom. The van der Waals surface area contributed by atoms with Gasteiger partial charge in [0.2, 0.25) is 0 Å². The number of rotatable bonds is 5. The van der Waals surface area contributed by atoms with E-state index in [1.54, 1.807) is 25.5 Å². The number of hydrogen-bond donors (Lipinski definition) is 4. The molecule has 0 saturated carbocycles. The molecular weight excluding hydrogens is 416 g/mol. The van der Waals surface area contributed by atoms with Gasteiger partial charge in [-0.25, -0.2) is 18.7 Å². The average Bonchev–Trinajstić information content (AvgIpc) is 3.27. The molecular formula is C19H22ClF2N7O. The van der Waals surface area contributed by atoms with Gasteiger partial charge in [-0.05, 0) is 13.0 Å². The van der Waals surface area contributed by atoms with Crippen LogP contribution in [0.15, 0.2) is 35.3 Å². The predicted octanol–water partition coefficient (Wildman–Crippen LogP) is 0.954. The molecule has 1 fully saturated rings. The Hall–Kier alpha value is -2.72. The van der Waals surface area contributed by atoms with Crippen molar-refractivity contribution < 1.29 is 13.6 Å². The lowest BCUT2D eigenvalue weighted by molar-refractivity contribution is -0.126. The van der Waals surface area contributed by atoms with Crippen LogP contribution in [0.2, 0.25) is 0 Å². The molecule has 0 bridgehead atoms. The van der Waals surface area contributed by atoms with Gasteiger partial charge in [0.1, 0.15) is 24.8 Å². The summed E-state index contributed by atoms with van der Waals surface area (Å²) in [7, 11) is 0. The van der Waals surface area contributed by atoms with Gasteiger partial charge in [-0.15, -0.1) is 0 Å². The fourth-order valence-corrected chi connectivity index (χ4v) is 4.04. The summed E-state index contributed by atoms with van der Waals surface area (Å²) in [5.41, 5.74) is 6.87. The Morgan fingerprint density at radius 2 is 2.23 bits per heavy atom. The van der Waals surface area contributed by atoms with Crippen molar-refractivity contribution in [2.45, 2.75) is 31.3 Å². The van der Waals surface area contributed by atoms with Crippen LogP contribution in [0.4, 0.5) is 14.6 Å². The monoisotopic (exact) mass is 437 g/mol. The number of amides is 1. The zero-order chi connectivity index (χ0) is 21.5. The van der Waals surface area contributed by atoms with Crippen molar-refractivity contribution in [3.63, 3.8) is 0 Å². The maximum Gasteiger partial charge on any atom is 0.261 e. The normalized spacial score (nSPS) is 27.5. The zero-order valence-corrected chi connectivity index (χ0v) is 17.0. The number of nitrogens with zero attached hydrogens (tertiary/aromatic N) is 3. The van der Waals surface area contributed by atoms with Crippen LogP contribution in [-0.2, 0) is 4.79 Å². The van der Waals surface area contributed by atoms with Crippen LogP contribution in [0.5, 0.6) is 0 Å². The third-order valence-electron chi connectivity index (χ3n) is 5.31. The second-order valence-corrected chi connectivity index (χ2v) is 7.87. The first kappa shape index (κ1) is 20.5. The molecule has 1 unspecified atom stereocenters. The highest BCUT2D eigenvalue weighted by molar-refractivity contribution is 6.31. The summed E-state index contributed by atoms with van der Waals surface area (Å²) in [5, 5.41) is 9.25. The lowest BCUT2D eigenvalue weighted by Crippen LogP contribution is -2.63. The molecule has 0 aliphatic carbocycles. The number of hydrogen-bond acceptors (Lipinski definition) is 7. The molecule has 11 heteroatoms. The highest BCUT2D eigenvalue weighted by Gasteiger charge is 2.50. The van der Waals surface area contributed by atoms with E-state index < -0.39 is 24.4 Å². The molecule has 0 aromatic carbocycles. The van der Waals surface area contributed by atoms with E-state index in [0.29, 0.717) is 22.2 Å². The number of anilines is 1. The summed E-state index contributed by atoms with van der Waals surface area (Å²) in [6.45, 7) is 0.733. The van der Waals surface area contributed by atoms with Crippen molar-refractivity contribution >= 4 is 28.9 Å². The summed E-state index contributed by atoms with van der Waals surface area (Å²) in [4.78, 5) is 23.1. The molecule has 0 radical (unpaired) electrons. The number of nitrogens with two attached hydrogens (primary N) is 1. The number of nitrogens with one attached hydrogen (secondary N) is 3. The van der Waals surface area contributed by atoms with Crippen LogP contribution >= 0.6 is 11.6 Å². The van der Waals surface area contributed by atoms with Gasteiger partial charge in [-0.1, -0.05) is 11.6 Å². The van der Waals surface area contributed by atoms with Gasteiger partial charge in [0, 0.05) is 48.3 Å². The van der Waals surface area contributed by atoms with E-state index in [1.165, 1.54) is 4.90 Å². The minimum Gasteiger partial charge on any atom is -0.367 e. The summed E-state index contributed by atoms with van der Waals surface area (Å²) in [6, 6.07) is 0. The van der Waals surface area contributed by atoms with E-state index >= 15 is 0 Å². The number of fused-ring (bicyclic) bond motifs is 1. The molecule has 3 atom stereocenters. The maximum absolute atomic E-state index is 14.4. The Balaban J connectivity index is 1.70. The average molecular weight is 438 g/mol. The fraction of sp³-hybridized carbons (Fsp3) is 0.421. The lowest BCUT2D eigenvalue weighted by Gasteiger charge is -2.34. The van der Waals surface area contributed by atoms with Crippen LogP contribution < -0.4 is 26.6 Å². The first-order chi connectivity index (χ1) is 14.3. The highest BCUT2D eigenvalue weighted by Crippen LogP contribution is 2.36. The largest absolute Gasteiger partial charge is 0.367 e. The van der Waals surface area contributed by atoms with Gasteiger partial charge in [0.15, 0.2) is 11.5 Å². The van der Waals surface area contributed by atoms with E-state index in [9.17, 15) is 13.6 Å². The molecule has 5 N–H and O–H groups in total. The van der Waals surface area contributed by atoms with E-state index in [1.807, 2.05) is 6.08 Å². The molecule has 1 aromatic heterocycles. The molecule has 1 amide bonds. The topological polar surface area (TPSA) is 108 Å². The summed E-state index contributed by atoms with van der Waals surface area (Å²) in [5.74, 6) is 0.102. The number of allylic oxidation sites excluding steroid dienone is 2. The Bertz CT molecular complexity index is 966. The number of halogens is 3. The maximum atomic E-state index is 14.4. The predicted molar refractivity (Wildman–Crippen MR) is 110 cm³/mol. The fourth-order valence-electron chi connectivity index (χ4n) is 3.86. The molecule has 4 heterocycles.